The molecule has 1 saturated carbocycles. The summed E-state index contributed by atoms with van der Waals surface area (Å²) in [5, 5.41) is 4.28. The van der Waals surface area contributed by atoms with Gasteiger partial charge in [-0.2, -0.15) is 0 Å². The lowest BCUT2D eigenvalue weighted by Crippen LogP contribution is -2.29. The molecule has 130 valence electrons. The Kier molecular flexibility index (Phi) is 4.30. The van der Waals surface area contributed by atoms with Crippen molar-refractivity contribution in [1.82, 2.24) is 14.9 Å². The van der Waals surface area contributed by atoms with E-state index in [1.54, 1.807) is 6.20 Å². The van der Waals surface area contributed by atoms with Gasteiger partial charge in [0.2, 0.25) is 5.91 Å². The summed E-state index contributed by atoms with van der Waals surface area (Å²) in [7, 11) is 0. The predicted octanol–water partition coefficient (Wildman–Crippen LogP) is 3.99. The van der Waals surface area contributed by atoms with E-state index in [9.17, 15) is 4.79 Å². The van der Waals surface area contributed by atoms with Gasteiger partial charge < -0.3 is 14.3 Å². The third-order valence-corrected chi connectivity index (χ3v) is 4.89. The molecule has 1 unspecified atom stereocenters. The van der Waals surface area contributed by atoms with E-state index in [4.69, 9.17) is 4.42 Å². The Morgan fingerprint density at radius 2 is 2.24 bits per heavy atom. The van der Waals surface area contributed by atoms with Crippen LogP contribution in [-0.2, 0) is 11.3 Å². The molecule has 1 atom stereocenters. The molecule has 3 aromatic rings. The Labute approximate surface area is 147 Å². The monoisotopic (exact) mass is 337 g/mol. The number of aromatic nitrogens is 2. The molecular formula is C20H23N3O2. The van der Waals surface area contributed by atoms with Crippen LogP contribution in [0.5, 0.6) is 0 Å². The highest BCUT2D eigenvalue weighted by molar-refractivity contribution is 5.79. The minimum atomic E-state index is -0.00474. The number of nitrogens with zero attached hydrogens (tertiary/aromatic N) is 2. The fourth-order valence-electron chi connectivity index (χ4n) is 3.30. The van der Waals surface area contributed by atoms with E-state index < -0.39 is 0 Å². The van der Waals surface area contributed by atoms with Crippen LogP contribution in [0.15, 0.2) is 47.1 Å². The van der Waals surface area contributed by atoms with Crippen LogP contribution < -0.4 is 5.32 Å². The summed E-state index contributed by atoms with van der Waals surface area (Å²) >= 11 is 0. The number of rotatable bonds is 7. The summed E-state index contributed by atoms with van der Waals surface area (Å²) in [5.74, 6) is 2.46. The number of amides is 1. The van der Waals surface area contributed by atoms with Gasteiger partial charge in [-0.3, -0.25) is 4.79 Å². The van der Waals surface area contributed by atoms with E-state index in [2.05, 4.69) is 20.9 Å². The molecule has 0 spiro atoms. The molecular weight excluding hydrogens is 314 g/mol. The Morgan fingerprint density at radius 3 is 2.96 bits per heavy atom. The fraction of sp³-hybridized carbons (Fsp3) is 0.400. The Balaban J connectivity index is 1.38. The van der Waals surface area contributed by atoms with Crippen LogP contribution >= 0.6 is 0 Å². The zero-order valence-corrected chi connectivity index (χ0v) is 14.4. The van der Waals surface area contributed by atoms with Gasteiger partial charge >= 0.3 is 0 Å². The maximum atomic E-state index is 12.4. The Bertz CT molecular complexity index is 843. The van der Waals surface area contributed by atoms with Crippen LogP contribution in [0.1, 0.15) is 43.3 Å². The van der Waals surface area contributed by atoms with Crippen molar-refractivity contribution < 1.29 is 9.21 Å². The van der Waals surface area contributed by atoms with Crippen LogP contribution in [0.3, 0.4) is 0 Å². The molecule has 1 fully saturated rings. The molecule has 1 aliphatic rings. The number of furan rings is 1. The summed E-state index contributed by atoms with van der Waals surface area (Å²) < 4.78 is 8.06. The first kappa shape index (κ1) is 15.9. The molecule has 1 N–H and O–H groups in total. The summed E-state index contributed by atoms with van der Waals surface area (Å²) in [6.45, 7) is 2.79. The van der Waals surface area contributed by atoms with E-state index in [1.165, 1.54) is 0 Å². The van der Waals surface area contributed by atoms with E-state index >= 15 is 0 Å². The summed E-state index contributed by atoms with van der Waals surface area (Å²) in [6, 6.07) is 10.0. The smallest absolute Gasteiger partial charge is 0.220 e. The fourth-order valence-corrected chi connectivity index (χ4v) is 3.30. The number of fused-ring (bicyclic) bond motifs is 1. The van der Waals surface area contributed by atoms with E-state index in [0.717, 1.165) is 48.4 Å². The summed E-state index contributed by atoms with van der Waals surface area (Å²) in [6.07, 6.45) is 7.36. The van der Waals surface area contributed by atoms with Gasteiger partial charge in [0.1, 0.15) is 17.2 Å². The molecule has 0 aliphatic heterocycles. The molecule has 25 heavy (non-hydrogen) atoms. The van der Waals surface area contributed by atoms with Crippen molar-refractivity contribution in [3.63, 3.8) is 0 Å². The van der Waals surface area contributed by atoms with Crippen LogP contribution in [0, 0.1) is 12.8 Å². The van der Waals surface area contributed by atoms with E-state index in [-0.39, 0.29) is 11.9 Å². The number of hydrogen-bond acceptors (Lipinski definition) is 3. The second-order valence-electron chi connectivity index (χ2n) is 6.84. The third-order valence-electron chi connectivity index (χ3n) is 4.89. The average molecular weight is 337 g/mol. The molecule has 0 radical (unpaired) electrons. The highest BCUT2D eigenvalue weighted by atomic mass is 16.3. The first-order valence-electron chi connectivity index (χ1n) is 8.96. The van der Waals surface area contributed by atoms with Crippen LogP contribution in [0.25, 0.3) is 11.0 Å². The van der Waals surface area contributed by atoms with Gasteiger partial charge in [0.05, 0.1) is 6.04 Å². The maximum Gasteiger partial charge on any atom is 0.220 e. The minimum Gasteiger partial charge on any atom is -0.459 e. The molecule has 1 aliphatic carbocycles. The molecule has 4 rings (SSSR count). The predicted molar refractivity (Wildman–Crippen MR) is 96.0 cm³/mol. The number of aryl methyl sites for hydroxylation is 2. The van der Waals surface area contributed by atoms with Crippen molar-refractivity contribution in [3.05, 3.63) is 54.3 Å². The average Bonchev–Trinajstić information content (AvgIpc) is 3.23. The number of benzene rings is 1. The standard InChI is InChI=1S/C20H23N3O2/c1-14-21-10-12-23(14)11-4-7-19(24)22-20(15-8-9-15)18-13-16-5-2-3-6-17(16)25-18/h2-3,5-6,10,12-13,15,20H,4,7-9,11H2,1H3,(H,22,24). The molecule has 0 bridgehead atoms. The zero-order chi connectivity index (χ0) is 17.2. The molecule has 5 heteroatoms. The quantitative estimate of drug-likeness (QED) is 0.709. The van der Waals surface area contributed by atoms with Crippen molar-refractivity contribution in [2.45, 2.75) is 45.2 Å². The van der Waals surface area contributed by atoms with E-state index in [0.29, 0.717) is 12.3 Å². The lowest BCUT2D eigenvalue weighted by Gasteiger charge is -2.16. The number of para-hydroxylation sites is 1. The maximum absolute atomic E-state index is 12.4. The van der Waals surface area contributed by atoms with Gasteiger partial charge in [-0.25, -0.2) is 4.98 Å². The Hall–Kier alpha value is -2.56. The van der Waals surface area contributed by atoms with E-state index in [1.807, 2.05) is 37.4 Å². The minimum absolute atomic E-state index is 0.00474. The van der Waals surface area contributed by atoms with Crippen molar-refractivity contribution in [2.75, 3.05) is 0 Å². The Morgan fingerprint density at radius 1 is 1.40 bits per heavy atom. The number of imidazole rings is 1. The molecule has 5 nitrogen and oxygen atoms in total. The summed E-state index contributed by atoms with van der Waals surface area (Å²) in [4.78, 5) is 16.6. The van der Waals surface area contributed by atoms with Gasteiger partial charge in [0.15, 0.2) is 0 Å². The van der Waals surface area contributed by atoms with Crippen molar-refractivity contribution >= 4 is 16.9 Å². The van der Waals surface area contributed by atoms with Gasteiger partial charge in [0.25, 0.3) is 0 Å². The highest BCUT2D eigenvalue weighted by Crippen LogP contribution is 2.42. The topological polar surface area (TPSA) is 60.1 Å². The molecule has 2 aromatic heterocycles. The summed E-state index contributed by atoms with van der Waals surface area (Å²) in [5.41, 5.74) is 0.882. The first-order chi connectivity index (χ1) is 12.2. The van der Waals surface area contributed by atoms with Crippen LogP contribution in [0.4, 0.5) is 0 Å². The van der Waals surface area contributed by atoms with Gasteiger partial charge in [-0.05, 0) is 44.2 Å². The number of hydrogen-bond donors (Lipinski definition) is 1. The normalized spacial score (nSPS) is 15.4. The molecule has 2 heterocycles. The van der Waals surface area contributed by atoms with Crippen LogP contribution in [0.2, 0.25) is 0 Å². The third kappa shape index (κ3) is 3.60. The lowest BCUT2D eigenvalue weighted by molar-refractivity contribution is -0.122. The highest BCUT2D eigenvalue weighted by Gasteiger charge is 2.35. The number of nitrogens with one attached hydrogen (secondary N) is 1. The molecule has 0 saturated heterocycles. The number of carbonyl (C=O) groups excluding carboxylic acids is 1. The second kappa shape index (κ2) is 6.75. The second-order valence-corrected chi connectivity index (χ2v) is 6.84. The van der Waals surface area contributed by atoms with Crippen molar-refractivity contribution in [3.8, 4) is 0 Å². The SMILES string of the molecule is Cc1nccn1CCCC(=O)NC(c1cc2ccccc2o1)C1CC1. The van der Waals surface area contributed by atoms with Crippen molar-refractivity contribution in [2.24, 2.45) is 5.92 Å². The first-order valence-corrected chi connectivity index (χ1v) is 8.96. The molecule has 1 aromatic carbocycles. The molecule has 1 amide bonds. The lowest BCUT2D eigenvalue weighted by atomic mass is 10.1. The van der Waals surface area contributed by atoms with Gasteiger partial charge in [0, 0.05) is 30.7 Å². The zero-order valence-electron chi connectivity index (χ0n) is 14.4. The largest absolute Gasteiger partial charge is 0.459 e. The van der Waals surface area contributed by atoms with Crippen molar-refractivity contribution in [1.29, 1.82) is 0 Å². The number of carbonyl (C=O) groups is 1. The van der Waals surface area contributed by atoms with Gasteiger partial charge in [-0.1, -0.05) is 18.2 Å². The van der Waals surface area contributed by atoms with Gasteiger partial charge in [-0.15, -0.1) is 0 Å². The van der Waals surface area contributed by atoms with Crippen LogP contribution in [-0.4, -0.2) is 15.5 Å².